The number of aliphatic hydroxyl groups is 1. The first-order chi connectivity index (χ1) is 9.51. The summed E-state index contributed by atoms with van der Waals surface area (Å²) in [5.74, 6) is -0.0830. The second-order valence-electron chi connectivity index (χ2n) is 4.68. The molecule has 20 heavy (non-hydrogen) atoms. The van der Waals surface area contributed by atoms with Gasteiger partial charge < -0.3 is 20.1 Å². The first kappa shape index (κ1) is 16.9. The van der Waals surface area contributed by atoms with Crippen molar-refractivity contribution < 1.29 is 14.6 Å². The number of anilines is 1. The number of aliphatic hydroxyl groups excluding tert-OH is 1. The quantitative estimate of drug-likeness (QED) is 0.766. The Morgan fingerprint density at radius 2 is 2.30 bits per heavy atom. The van der Waals surface area contributed by atoms with E-state index in [0.29, 0.717) is 36.8 Å². The fourth-order valence-electron chi connectivity index (χ4n) is 1.78. The van der Waals surface area contributed by atoms with Gasteiger partial charge in [0.05, 0.1) is 12.7 Å². The van der Waals surface area contributed by atoms with Crippen LogP contribution in [0.2, 0.25) is 5.02 Å². The lowest BCUT2D eigenvalue weighted by Crippen LogP contribution is -2.33. The lowest BCUT2D eigenvalue weighted by atomic mass is 10.3. The monoisotopic (exact) mass is 300 g/mol. The number of benzene rings is 1. The Hall–Kier alpha value is -1.14. The van der Waals surface area contributed by atoms with Gasteiger partial charge in [-0.05, 0) is 25.2 Å². The Balaban J connectivity index is 2.29. The molecule has 0 aliphatic heterocycles. The van der Waals surface area contributed by atoms with Crippen LogP contribution < -0.4 is 5.32 Å². The maximum Gasteiger partial charge on any atom is 0.225 e. The Morgan fingerprint density at radius 3 is 2.95 bits per heavy atom. The lowest BCUT2D eigenvalue weighted by Gasteiger charge is -2.19. The van der Waals surface area contributed by atoms with E-state index in [1.54, 1.807) is 31.4 Å². The SMILES string of the molecule is COCC(O)CN(C)CCC(=O)Nc1cccc(Cl)c1. The van der Waals surface area contributed by atoms with E-state index in [2.05, 4.69) is 5.32 Å². The Morgan fingerprint density at radius 1 is 1.55 bits per heavy atom. The van der Waals surface area contributed by atoms with Crippen LogP contribution in [0.25, 0.3) is 0 Å². The van der Waals surface area contributed by atoms with Gasteiger partial charge in [-0.2, -0.15) is 0 Å². The third-order valence-corrected chi connectivity index (χ3v) is 2.95. The first-order valence-corrected chi connectivity index (χ1v) is 6.80. The molecule has 0 bridgehead atoms. The predicted molar refractivity (Wildman–Crippen MR) is 80.1 cm³/mol. The van der Waals surface area contributed by atoms with Crippen molar-refractivity contribution in [2.45, 2.75) is 12.5 Å². The number of hydrogen-bond acceptors (Lipinski definition) is 4. The number of carbonyl (C=O) groups is 1. The molecule has 0 radical (unpaired) electrons. The van der Waals surface area contributed by atoms with Crippen molar-refractivity contribution in [3.05, 3.63) is 29.3 Å². The molecule has 1 aromatic rings. The van der Waals surface area contributed by atoms with Crippen LogP contribution in [-0.2, 0) is 9.53 Å². The molecule has 1 aromatic carbocycles. The standard InChI is InChI=1S/C14H21ClN2O3/c1-17(9-13(18)10-20-2)7-6-14(19)16-12-5-3-4-11(15)8-12/h3-5,8,13,18H,6-7,9-10H2,1-2H3,(H,16,19). The molecule has 6 heteroatoms. The van der Waals surface area contributed by atoms with Gasteiger partial charge in [0, 0.05) is 37.3 Å². The predicted octanol–water partition coefficient (Wildman–Crippen LogP) is 1.61. The third-order valence-electron chi connectivity index (χ3n) is 2.71. The van der Waals surface area contributed by atoms with Crippen molar-refractivity contribution in [1.29, 1.82) is 0 Å². The van der Waals surface area contributed by atoms with Gasteiger partial charge in [-0.3, -0.25) is 4.79 Å². The average Bonchev–Trinajstić information content (AvgIpc) is 2.36. The van der Waals surface area contributed by atoms with E-state index in [1.807, 2.05) is 11.9 Å². The van der Waals surface area contributed by atoms with Crippen LogP contribution in [0.1, 0.15) is 6.42 Å². The Kier molecular flexibility index (Phi) is 7.54. The van der Waals surface area contributed by atoms with Gasteiger partial charge in [0.2, 0.25) is 5.91 Å². The van der Waals surface area contributed by atoms with Crippen molar-refractivity contribution in [3.8, 4) is 0 Å². The molecule has 1 rings (SSSR count). The van der Waals surface area contributed by atoms with Crippen molar-refractivity contribution in [2.24, 2.45) is 0 Å². The normalized spacial score (nSPS) is 12.4. The number of ether oxygens (including phenoxy) is 1. The highest BCUT2D eigenvalue weighted by Crippen LogP contribution is 2.14. The average molecular weight is 301 g/mol. The van der Waals surface area contributed by atoms with Crippen molar-refractivity contribution in [3.63, 3.8) is 0 Å². The zero-order valence-corrected chi connectivity index (χ0v) is 12.6. The zero-order valence-electron chi connectivity index (χ0n) is 11.8. The summed E-state index contributed by atoms with van der Waals surface area (Å²) < 4.78 is 4.85. The second kappa shape index (κ2) is 8.92. The molecular weight excluding hydrogens is 280 g/mol. The topological polar surface area (TPSA) is 61.8 Å². The minimum atomic E-state index is -0.541. The van der Waals surface area contributed by atoms with Gasteiger partial charge >= 0.3 is 0 Å². The number of nitrogens with zero attached hydrogens (tertiary/aromatic N) is 1. The van der Waals surface area contributed by atoms with Crippen molar-refractivity contribution >= 4 is 23.2 Å². The number of methoxy groups -OCH3 is 1. The molecule has 1 unspecified atom stereocenters. The summed E-state index contributed by atoms with van der Waals surface area (Å²) in [7, 11) is 3.40. The molecule has 0 saturated heterocycles. The number of halogens is 1. The summed E-state index contributed by atoms with van der Waals surface area (Å²) in [6.07, 6.45) is -0.191. The molecule has 2 N–H and O–H groups in total. The van der Waals surface area contributed by atoms with E-state index in [9.17, 15) is 9.90 Å². The molecule has 112 valence electrons. The largest absolute Gasteiger partial charge is 0.389 e. The maximum atomic E-state index is 11.8. The van der Waals surface area contributed by atoms with Crippen LogP contribution in [0.5, 0.6) is 0 Å². The molecule has 0 aromatic heterocycles. The highest BCUT2D eigenvalue weighted by Gasteiger charge is 2.10. The molecule has 1 amide bonds. The van der Waals surface area contributed by atoms with E-state index >= 15 is 0 Å². The summed E-state index contributed by atoms with van der Waals surface area (Å²) >= 11 is 5.84. The fourth-order valence-corrected chi connectivity index (χ4v) is 1.97. The highest BCUT2D eigenvalue weighted by atomic mass is 35.5. The maximum absolute atomic E-state index is 11.8. The van der Waals surface area contributed by atoms with E-state index < -0.39 is 6.10 Å². The van der Waals surface area contributed by atoms with Crippen LogP contribution >= 0.6 is 11.6 Å². The van der Waals surface area contributed by atoms with Crippen LogP contribution in [-0.4, -0.2) is 55.9 Å². The number of amides is 1. The van der Waals surface area contributed by atoms with Gasteiger partial charge in [-0.1, -0.05) is 17.7 Å². The molecule has 0 heterocycles. The first-order valence-electron chi connectivity index (χ1n) is 6.42. The molecule has 0 aliphatic rings. The van der Waals surface area contributed by atoms with E-state index in [0.717, 1.165) is 0 Å². The zero-order chi connectivity index (χ0) is 15.0. The van der Waals surface area contributed by atoms with Crippen LogP contribution in [0.4, 0.5) is 5.69 Å². The van der Waals surface area contributed by atoms with Crippen molar-refractivity contribution in [1.82, 2.24) is 4.90 Å². The summed E-state index contributed by atoms with van der Waals surface area (Å²) in [5.41, 5.74) is 0.685. The summed E-state index contributed by atoms with van der Waals surface area (Å²) in [6.45, 7) is 1.32. The molecule has 0 aliphatic carbocycles. The third kappa shape index (κ3) is 6.86. The molecule has 0 spiro atoms. The number of likely N-dealkylation sites (N-methyl/N-ethyl adjacent to an activating group) is 1. The van der Waals surface area contributed by atoms with Gasteiger partial charge in [-0.15, -0.1) is 0 Å². The van der Waals surface area contributed by atoms with E-state index in [1.165, 1.54) is 0 Å². The number of nitrogens with one attached hydrogen (secondary N) is 1. The smallest absolute Gasteiger partial charge is 0.225 e. The highest BCUT2D eigenvalue weighted by molar-refractivity contribution is 6.30. The summed E-state index contributed by atoms with van der Waals surface area (Å²) in [6, 6.07) is 7.02. The van der Waals surface area contributed by atoms with Crippen LogP contribution in [0.15, 0.2) is 24.3 Å². The van der Waals surface area contributed by atoms with Crippen LogP contribution in [0.3, 0.4) is 0 Å². The number of carbonyl (C=O) groups excluding carboxylic acids is 1. The molecule has 5 nitrogen and oxygen atoms in total. The molecule has 1 atom stereocenters. The van der Waals surface area contributed by atoms with E-state index in [4.69, 9.17) is 16.3 Å². The number of rotatable bonds is 8. The minimum Gasteiger partial charge on any atom is -0.389 e. The molecular formula is C14H21ClN2O3. The summed E-state index contributed by atoms with van der Waals surface area (Å²) in [5, 5.41) is 12.9. The van der Waals surface area contributed by atoms with E-state index in [-0.39, 0.29) is 5.91 Å². The van der Waals surface area contributed by atoms with Gasteiger partial charge in [-0.25, -0.2) is 0 Å². The van der Waals surface area contributed by atoms with Crippen LogP contribution in [0, 0.1) is 0 Å². The minimum absolute atomic E-state index is 0.0830. The lowest BCUT2D eigenvalue weighted by molar-refractivity contribution is -0.116. The van der Waals surface area contributed by atoms with Gasteiger partial charge in [0.1, 0.15) is 0 Å². The molecule has 0 saturated carbocycles. The second-order valence-corrected chi connectivity index (χ2v) is 5.12. The fraction of sp³-hybridized carbons (Fsp3) is 0.500. The number of hydrogen-bond donors (Lipinski definition) is 2. The summed E-state index contributed by atoms with van der Waals surface area (Å²) in [4.78, 5) is 13.7. The van der Waals surface area contributed by atoms with Crippen molar-refractivity contribution in [2.75, 3.05) is 39.2 Å². The Bertz CT molecular complexity index is 429. The molecule has 0 fully saturated rings. The Labute approximate surface area is 124 Å². The van der Waals surface area contributed by atoms with Gasteiger partial charge in [0.15, 0.2) is 0 Å². The van der Waals surface area contributed by atoms with Gasteiger partial charge in [0.25, 0.3) is 0 Å².